The monoisotopic (exact) mass is 236 g/mol. The summed E-state index contributed by atoms with van der Waals surface area (Å²) in [6.45, 7) is 1.03. The minimum Gasteiger partial charge on any atom is -0.497 e. The van der Waals surface area contributed by atoms with Crippen molar-refractivity contribution in [2.75, 3.05) is 26.4 Å². The first kappa shape index (κ1) is 12.2. The van der Waals surface area contributed by atoms with Gasteiger partial charge in [0.05, 0.1) is 13.2 Å². The summed E-state index contributed by atoms with van der Waals surface area (Å²) in [4.78, 5) is 2.18. The van der Waals surface area contributed by atoms with Crippen LogP contribution in [0.2, 0.25) is 0 Å². The molecule has 1 aromatic carbocycles. The van der Waals surface area contributed by atoms with Crippen molar-refractivity contribution >= 4 is 5.69 Å². The molecule has 17 heavy (non-hydrogen) atoms. The SMILES string of the molecule is COc1ccc(N)c(C(O)C2CCCN2C)c1. The van der Waals surface area contributed by atoms with Crippen molar-refractivity contribution in [1.29, 1.82) is 0 Å². The number of rotatable bonds is 3. The number of hydrogen-bond acceptors (Lipinski definition) is 4. The van der Waals surface area contributed by atoms with Gasteiger partial charge in [0.2, 0.25) is 0 Å². The molecule has 1 aliphatic rings. The van der Waals surface area contributed by atoms with Gasteiger partial charge in [-0.1, -0.05) is 0 Å². The van der Waals surface area contributed by atoms with Gasteiger partial charge in [-0.25, -0.2) is 0 Å². The zero-order chi connectivity index (χ0) is 12.4. The molecule has 0 bridgehead atoms. The average molecular weight is 236 g/mol. The summed E-state index contributed by atoms with van der Waals surface area (Å²) >= 11 is 0. The van der Waals surface area contributed by atoms with Crippen LogP contribution in [-0.4, -0.2) is 36.8 Å². The molecular formula is C13H20N2O2. The summed E-state index contributed by atoms with van der Waals surface area (Å²) in [6.07, 6.45) is 1.59. The van der Waals surface area contributed by atoms with Crippen LogP contribution in [0.15, 0.2) is 18.2 Å². The molecule has 1 heterocycles. The molecule has 1 aromatic rings. The zero-order valence-corrected chi connectivity index (χ0v) is 10.4. The first-order chi connectivity index (χ1) is 8.13. The molecule has 3 N–H and O–H groups in total. The lowest BCUT2D eigenvalue weighted by atomic mass is 9.98. The topological polar surface area (TPSA) is 58.7 Å². The Balaban J connectivity index is 2.26. The van der Waals surface area contributed by atoms with Crippen LogP contribution in [0.5, 0.6) is 5.75 Å². The smallest absolute Gasteiger partial charge is 0.119 e. The van der Waals surface area contributed by atoms with E-state index in [9.17, 15) is 5.11 Å². The lowest BCUT2D eigenvalue weighted by Gasteiger charge is -2.26. The van der Waals surface area contributed by atoms with E-state index in [2.05, 4.69) is 4.90 Å². The Hall–Kier alpha value is -1.26. The number of aliphatic hydroxyl groups excluding tert-OH is 1. The molecule has 4 heteroatoms. The third-order valence-electron chi connectivity index (χ3n) is 3.55. The number of anilines is 1. The number of ether oxygens (including phenoxy) is 1. The van der Waals surface area contributed by atoms with Crippen molar-refractivity contribution in [2.45, 2.75) is 25.0 Å². The molecule has 4 nitrogen and oxygen atoms in total. The number of nitrogens with two attached hydrogens (primary N) is 1. The number of benzene rings is 1. The van der Waals surface area contributed by atoms with E-state index < -0.39 is 6.10 Å². The van der Waals surface area contributed by atoms with Crippen LogP contribution in [0.1, 0.15) is 24.5 Å². The van der Waals surface area contributed by atoms with Gasteiger partial charge in [0, 0.05) is 17.3 Å². The van der Waals surface area contributed by atoms with E-state index in [4.69, 9.17) is 10.5 Å². The van der Waals surface area contributed by atoms with E-state index >= 15 is 0 Å². The minimum absolute atomic E-state index is 0.157. The predicted molar refractivity (Wildman–Crippen MR) is 68.0 cm³/mol. The summed E-state index contributed by atoms with van der Waals surface area (Å²) in [5, 5.41) is 10.4. The molecule has 0 aromatic heterocycles. The third-order valence-corrected chi connectivity index (χ3v) is 3.55. The highest BCUT2D eigenvalue weighted by molar-refractivity contribution is 5.52. The maximum absolute atomic E-state index is 10.4. The van der Waals surface area contributed by atoms with Crippen LogP contribution in [-0.2, 0) is 0 Å². The molecule has 94 valence electrons. The van der Waals surface area contributed by atoms with Gasteiger partial charge >= 0.3 is 0 Å². The van der Waals surface area contributed by atoms with Crippen LogP contribution in [0.3, 0.4) is 0 Å². The Labute approximate surface area is 102 Å². The molecule has 1 saturated heterocycles. The van der Waals surface area contributed by atoms with E-state index in [0.29, 0.717) is 5.69 Å². The normalized spacial score (nSPS) is 22.6. The maximum Gasteiger partial charge on any atom is 0.119 e. The van der Waals surface area contributed by atoms with Crippen molar-refractivity contribution in [3.8, 4) is 5.75 Å². The van der Waals surface area contributed by atoms with E-state index in [1.54, 1.807) is 13.2 Å². The second kappa shape index (κ2) is 4.94. The molecule has 1 aliphatic heterocycles. The molecule has 0 aliphatic carbocycles. The quantitative estimate of drug-likeness (QED) is 0.779. The second-order valence-electron chi connectivity index (χ2n) is 4.63. The van der Waals surface area contributed by atoms with Crippen LogP contribution in [0.25, 0.3) is 0 Å². The summed E-state index contributed by atoms with van der Waals surface area (Å²) in [7, 11) is 3.65. The number of likely N-dealkylation sites (tertiary alicyclic amines) is 1. The van der Waals surface area contributed by atoms with Gasteiger partial charge in [0.25, 0.3) is 0 Å². The average Bonchev–Trinajstić information content (AvgIpc) is 2.75. The van der Waals surface area contributed by atoms with E-state index in [-0.39, 0.29) is 6.04 Å². The fraction of sp³-hybridized carbons (Fsp3) is 0.538. The van der Waals surface area contributed by atoms with Crippen LogP contribution < -0.4 is 10.5 Å². The molecule has 0 radical (unpaired) electrons. The van der Waals surface area contributed by atoms with Crippen molar-refractivity contribution in [3.63, 3.8) is 0 Å². The van der Waals surface area contributed by atoms with Gasteiger partial charge in [-0.2, -0.15) is 0 Å². The number of nitrogens with zero attached hydrogens (tertiary/aromatic N) is 1. The summed E-state index contributed by atoms with van der Waals surface area (Å²) in [6, 6.07) is 5.58. The molecule has 0 spiro atoms. The van der Waals surface area contributed by atoms with Crippen molar-refractivity contribution in [3.05, 3.63) is 23.8 Å². The summed E-state index contributed by atoms with van der Waals surface area (Å²) < 4.78 is 5.17. The largest absolute Gasteiger partial charge is 0.497 e. The van der Waals surface area contributed by atoms with Crippen molar-refractivity contribution in [1.82, 2.24) is 4.90 Å². The van der Waals surface area contributed by atoms with E-state index in [0.717, 1.165) is 30.7 Å². The highest BCUT2D eigenvalue weighted by Crippen LogP contribution is 2.33. The first-order valence-electron chi connectivity index (χ1n) is 5.95. The molecule has 1 fully saturated rings. The molecule has 0 saturated carbocycles. The fourth-order valence-corrected chi connectivity index (χ4v) is 2.48. The Morgan fingerprint density at radius 2 is 2.29 bits per heavy atom. The Bertz CT molecular complexity index is 395. The van der Waals surface area contributed by atoms with E-state index in [1.807, 2.05) is 19.2 Å². The Morgan fingerprint density at radius 1 is 1.53 bits per heavy atom. The van der Waals surface area contributed by atoms with Crippen LogP contribution in [0.4, 0.5) is 5.69 Å². The molecule has 2 atom stereocenters. The second-order valence-corrected chi connectivity index (χ2v) is 4.63. The lowest BCUT2D eigenvalue weighted by molar-refractivity contribution is 0.0861. The van der Waals surface area contributed by atoms with Gasteiger partial charge in [-0.05, 0) is 44.6 Å². The zero-order valence-electron chi connectivity index (χ0n) is 10.4. The summed E-state index contributed by atoms with van der Waals surface area (Å²) in [5.74, 6) is 0.730. The van der Waals surface area contributed by atoms with Gasteiger partial charge in [-0.3, -0.25) is 0 Å². The maximum atomic E-state index is 10.4. The summed E-state index contributed by atoms with van der Waals surface area (Å²) in [5.41, 5.74) is 7.31. The van der Waals surface area contributed by atoms with Gasteiger partial charge in [0.15, 0.2) is 0 Å². The molecule has 2 unspecified atom stereocenters. The number of nitrogen functional groups attached to an aromatic ring is 1. The number of hydrogen-bond donors (Lipinski definition) is 2. The number of likely N-dealkylation sites (N-methyl/N-ethyl adjacent to an activating group) is 1. The third kappa shape index (κ3) is 2.37. The number of aliphatic hydroxyl groups is 1. The standard InChI is InChI=1S/C13H20N2O2/c1-15-7-3-4-12(15)13(16)10-8-9(17-2)5-6-11(10)14/h5-6,8,12-13,16H,3-4,7,14H2,1-2H3. The fourth-order valence-electron chi connectivity index (χ4n) is 2.48. The first-order valence-corrected chi connectivity index (χ1v) is 5.95. The highest BCUT2D eigenvalue weighted by Gasteiger charge is 2.30. The highest BCUT2D eigenvalue weighted by atomic mass is 16.5. The Morgan fingerprint density at radius 3 is 2.88 bits per heavy atom. The van der Waals surface area contributed by atoms with E-state index in [1.165, 1.54) is 0 Å². The Kier molecular flexibility index (Phi) is 3.54. The minimum atomic E-state index is -0.544. The van der Waals surface area contributed by atoms with Crippen LogP contribution >= 0.6 is 0 Å². The molecular weight excluding hydrogens is 216 g/mol. The van der Waals surface area contributed by atoms with Gasteiger partial charge in [-0.15, -0.1) is 0 Å². The van der Waals surface area contributed by atoms with Crippen LogP contribution in [0, 0.1) is 0 Å². The van der Waals surface area contributed by atoms with Crippen molar-refractivity contribution < 1.29 is 9.84 Å². The van der Waals surface area contributed by atoms with Gasteiger partial charge in [0.1, 0.15) is 5.75 Å². The molecule has 0 amide bonds. The van der Waals surface area contributed by atoms with Gasteiger partial charge < -0.3 is 20.5 Å². The van der Waals surface area contributed by atoms with Crippen molar-refractivity contribution in [2.24, 2.45) is 0 Å². The predicted octanol–water partition coefficient (Wildman–Crippen LogP) is 1.41. The number of methoxy groups -OCH3 is 1. The molecule has 2 rings (SSSR count). The lowest BCUT2D eigenvalue weighted by Crippen LogP contribution is -2.31.